The van der Waals surface area contributed by atoms with Crippen LogP contribution in [0, 0.1) is 0 Å². The lowest BCUT2D eigenvalue weighted by molar-refractivity contribution is 0.0691. The van der Waals surface area contributed by atoms with Crippen molar-refractivity contribution in [2.24, 2.45) is 7.05 Å². The molecule has 2 N–H and O–H groups in total. The number of carboxylic acids is 1. The van der Waals surface area contributed by atoms with Crippen molar-refractivity contribution in [2.75, 3.05) is 6.54 Å². The van der Waals surface area contributed by atoms with Crippen molar-refractivity contribution in [3.63, 3.8) is 0 Å². The molecule has 2 heterocycles. The number of halogens is 1. The normalized spacial score (nSPS) is 11.7. The van der Waals surface area contributed by atoms with E-state index in [4.69, 9.17) is 16.7 Å². The fraction of sp³-hybridized carbons (Fsp3) is 0.300. The summed E-state index contributed by atoms with van der Waals surface area (Å²) in [6, 6.07) is 0. The number of imidazole rings is 1. The first-order valence-corrected chi connectivity index (χ1v) is 7.59. The minimum Gasteiger partial charge on any atom is -0.476 e. The van der Waals surface area contributed by atoms with Gasteiger partial charge in [0.1, 0.15) is 0 Å². The lowest BCUT2D eigenvalue weighted by atomic mass is 10.5. The number of carboxylic acid groups (broad SMARTS) is 1. The van der Waals surface area contributed by atoms with Crippen molar-refractivity contribution in [1.82, 2.24) is 24.1 Å². The molecule has 0 aliphatic carbocycles. The average Bonchev–Trinajstić information content (AvgIpc) is 2.96. The van der Waals surface area contributed by atoms with Crippen LogP contribution >= 0.6 is 11.6 Å². The molecule has 2 aromatic heterocycles. The number of aryl methyl sites for hydroxylation is 1. The Morgan fingerprint density at radius 2 is 2.24 bits per heavy atom. The second kappa shape index (κ2) is 5.84. The first kappa shape index (κ1) is 15.5. The molecule has 2 rings (SSSR count). The van der Waals surface area contributed by atoms with Crippen LogP contribution in [0.4, 0.5) is 0 Å². The van der Waals surface area contributed by atoms with E-state index in [1.54, 1.807) is 0 Å². The van der Waals surface area contributed by atoms with Gasteiger partial charge in [0.2, 0.25) is 0 Å². The van der Waals surface area contributed by atoms with Crippen LogP contribution in [-0.4, -0.2) is 45.4 Å². The number of carbonyl (C=O) groups is 1. The number of aromatic carboxylic acids is 1. The van der Waals surface area contributed by atoms with E-state index in [1.165, 1.54) is 30.3 Å². The Kier molecular flexibility index (Phi) is 4.30. The summed E-state index contributed by atoms with van der Waals surface area (Å²) in [4.78, 5) is 14.3. The molecule has 0 bridgehead atoms. The van der Waals surface area contributed by atoms with Crippen molar-refractivity contribution in [2.45, 2.75) is 11.6 Å². The van der Waals surface area contributed by atoms with Crippen molar-refractivity contribution >= 4 is 27.6 Å². The molecular weight excluding hydrogens is 322 g/mol. The SMILES string of the molecule is Cn1ncc(Cl)c1S(=O)(=O)NCCn1cnc(C(=O)O)c1. The van der Waals surface area contributed by atoms with Crippen molar-refractivity contribution in [3.8, 4) is 0 Å². The Hall–Kier alpha value is -1.91. The van der Waals surface area contributed by atoms with Crippen LogP contribution in [0.5, 0.6) is 0 Å². The van der Waals surface area contributed by atoms with E-state index < -0.39 is 16.0 Å². The molecule has 0 saturated heterocycles. The van der Waals surface area contributed by atoms with Gasteiger partial charge < -0.3 is 9.67 Å². The largest absolute Gasteiger partial charge is 0.476 e. The molecule has 0 saturated carbocycles. The quantitative estimate of drug-likeness (QED) is 0.764. The van der Waals surface area contributed by atoms with Gasteiger partial charge in [0.25, 0.3) is 10.0 Å². The topological polar surface area (TPSA) is 119 Å². The second-order valence-corrected chi connectivity index (χ2v) is 6.21. The molecule has 21 heavy (non-hydrogen) atoms. The minimum absolute atomic E-state index is 0.0285. The van der Waals surface area contributed by atoms with Gasteiger partial charge in [-0.3, -0.25) is 4.68 Å². The van der Waals surface area contributed by atoms with Gasteiger partial charge in [0.05, 0.1) is 17.5 Å². The minimum atomic E-state index is -3.79. The zero-order chi connectivity index (χ0) is 15.6. The lowest BCUT2D eigenvalue weighted by Gasteiger charge is -2.07. The second-order valence-electron chi connectivity index (χ2n) is 4.12. The van der Waals surface area contributed by atoms with E-state index in [2.05, 4.69) is 14.8 Å². The highest BCUT2D eigenvalue weighted by atomic mass is 35.5. The molecule has 0 aliphatic heterocycles. The molecule has 114 valence electrons. The molecule has 0 radical (unpaired) electrons. The molecule has 11 heteroatoms. The summed E-state index contributed by atoms with van der Waals surface area (Å²) >= 11 is 5.78. The van der Waals surface area contributed by atoms with E-state index in [9.17, 15) is 13.2 Å². The monoisotopic (exact) mass is 333 g/mol. The zero-order valence-corrected chi connectivity index (χ0v) is 12.5. The van der Waals surface area contributed by atoms with E-state index in [1.807, 2.05) is 0 Å². The first-order valence-electron chi connectivity index (χ1n) is 5.73. The smallest absolute Gasteiger partial charge is 0.356 e. The molecular formula is C10H12ClN5O4S. The first-order chi connectivity index (χ1) is 9.81. The molecule has 9 nitrogen and oxygen atoms in total. The van der Waals surface area contributed by atoms with Gasteiger partial charge in [-0.2, -0.15) is 5.10 Å². The third-order valence-corrected chi connectivity index (χ3v) is 4.58. The van der Waals surface area contributed by atoms with Crippen molar-refractivity contribution in [3.05, 3.63) is 29.4 Å². The highest BCUT2D eigenvalue weighted by molar-refractivity contribution is 7.89. The molecule has 0 unspecified atom stereocenters. The zero-order valence-electron chi connectivity index (χ0n) is 10.9. The van der Waals surface area contributed by atoms with Gasteiger partial charge in [-0.15, -0.1) is 0 Å². The maximum absolute atomic E-state index is 12.1. The predicted molar refractivity (Wildman–Crippen MR) is 72.6 cm³/mol. The Morgan fingerprint density at radius 3 is 2.76 bits per heavy atom. The van der Waals surface area contributed by atoms with Crippen LogP contribution in [0.3, 0.4) is 0 Å². The predicted octanol–water partition coefficient (Wildman–Crippen LogP) is -0.0533. The molecule has 0 amide bonds. The van der Waals surface area contributed by atoms with E-state index >= 15 is 0 Å². The molecule has 0 aromatic carbocycles. The van der Waals surface area contributed by atoms with Crippen molar-refractivity contribution < 1.29 is 18.3 Å². The number of nitrogens with one attached hydrogen (secondary N) is 1. The summed E-state index contributed by atoms with van der Waals surface area (Å²) in [5.41, 5.74) is -0.104. The summed E-state index contributed by atoms with van der Waals surface area (Å²) in [5, 5.41) is 12.4. The summed E-state index contributed by atoms with van der Waals surface area (Å²) in [5.74, 6) is -1.14. The van der Waals surface area contributed by atoms with Crippen LogP contribution in [0.1, 0.15) is 10.5 Å². The molecule has 0 atom stereocenters. The Labute approximate surface area is 125 Å². The number of hydrogen-bond donors (Lipinski definition) is 2. The van der Waals surface area contributed by atoms with E-state index in [0.29, 0.717) is 0 Å². The van der Waals surface area contributed by atoms with Gasteiger partial charge in [-0.25, -0.2) is 22.9 Å². The highest BCUT2D eigenvalue weighted by Crippen LogP contribution is 2.19. The van der Waals surface area contributed by atoms with Crippen LogP contribution in [0.2, 0.25) is 5.02 Å². The third-order valence-electron chi connectivity index (χ3n) is 2.61. The van der Waals surface area contributed by atoms with Gasteiger partial charge in [-0.1, -0.05) is 11.6 Å². The summed E-state index contributed by atoms with van der Waals surface area (Å²) in [6.07, 6.45) is 3.87. The summed E-state index contributed by atoms with van der Waals surface area (Å²) < 4.78 is 29.1. The third kappa shape index (κ3) is 3.40. The highest BCUT2D eigenvalue weighted by Gasteiger charge is 2.22. The van der Waals surface area contributed by atoms with E-state index in [-0.39, 0.29) is 28.8 Å². The van der Waals surface area contributed by atoms with Gasteiger partial charge in [0, 0.05) is 26.3 Å². The van der Waals surface area contributed by atoms with Crippen LogP contribution in [0.25, 0.3) is 0 Å². The Bertz CT molecular complexity index is 747. The Balaban J connectivity index is 2.01. The molecule has 0 fully saturated rings. The van der Waals surface area contributed by atoms with Crippen LogP contribution in [0.15, 0.2) is 23.7 Å². The Morgan fingerprint density at radius 1 is 1.52 bits per heavy atom. The van der Waals surface area contributed by atoms with E-state index in [0.717, 1.165) is 4.68 Å². The standard InChI is InChI=1S/C10H12ClN5O4S/c1-15-9(7(11)4-13-15)21(19,20)14-2-3-16-5-8(10(17)18)12-6-16/h4-6,14H,2-3H2,1H3,(H,17,18). The van der Waals surface area contributed by atoms with Gasteiger partial charge in [0.15, 0.2) is 10.7 Å². The molecule has 0 spiro atoms. The van der Waals surface area contributed by atoms with Gasteiger partial charge in [-0.05, 0) is 0 Å². The number of nitrogens with zero attached hydrogens (tertiary/aromatic N) is 4. The average molecular weight is 334 g/mol. The number of hydrogen-bond acceptors (Lipinski definition) is 5. The fourth-order valence-corrected chi connectivity index (χ4v) is 3.34. The summed E-state index contributed by atoms with van der Waals surface area (Å²) in [7, 11) is -2.32. The van der Waals surface area contributed by atoms with Crippen LogP contribution < -0.4 is 4.72 Å². The van der Waals surface area contributed by atoms with Gasteiger partial charge >= 0.3 is 5.97 Å². The number of sulfonamides is 1. The maximum Gasteiger partial charge on any atom is 0.356 e. The number of aromatic nitrogens is 4. The number of rotatable bonds is 6. The maximum atomic E-state index is 12.1. The van der Waals surface area contributed by atoms with Crippen LogP contribution in [-0.2, 0) is 23.6 Å². The lowest BCUT2D eigenvalue weighted by Crippen LogP contribution is -2.29. The summed E-state index contributed by atoms with van der Waals surface area (Å²) in [6.45, 7) is 0.286. The fourth-order valence-electron chi connectivity index (χ4n) is 1.67. The van der Waals surface area contributed by atoms with Crippen molar-refractivity contribution in [1.29, 1.82) is 0 Å². The molecule has 0 aliphatic rings. The molecule has 2 aromatic rings.